The van der Waals surface area contributed by atoms with E-state index in [9.17, 15) is 0 Å². The lowest BCUT2D eigenvalue weighted by atomic mass is 9.95. The first-order valence-electron chi connectivity index (χ1n) is 8.83. The van der Waals surface area contributed by atoms with Gasteiger partial charge in [-0.25, -0.2) is 9.97 Å². The van der Waals surface area contributed by atoms with Crippen LogP contribution in [0.4, 0.5) is 0 Å². The summed E-state index contributed by atoms with van der Waals surface area (Å²) in [6.45, 7) is 9.58. The zero-order valence-corrected chi connectivity index (χ0v) is 16.0. The minimum Gasteiger partial charge on any atom is -0.477 e. The minimum atomic E-state index is -0.158. The summed E-state index contributed by atoms with van der Waals surface area (Å²) in [5, 5.41) is 1.08. The fourth-order valence-corrected chi connectivity index (χ4v) is 4.20. The first kappa shape index (κ1) is 16.7. The van der Waals surface area contributed by atoms with Crippen molar-refractivity contribution in [3.63, 3.8) is 0 Å². The number of unbranched alkanes of at least 4 members (excludes halogenated alkanes) is 1. The second-order valence-corrected chi connectivity index (χ2v) is 8.23. The van der Waals surface area contributed by atoms with Gasteiger partial charge in [-0.1, -0.05) is 13.3 Å². The summed E-state index contributed by atoms with van der Waals surface area (Å²) in [6, 6.07) is 2.19. The second-order valence-electron chi connectivity index (χ2n) is 7.23. The maximum Gasteiger partial charge on any atom is 0.235 e. The van der Waals surface area contributed by atoms with E-state index in [4.69, 9.17) is 14.5 Å². The van der Waals surface area contributed by atoms with Gasteiger partial charge in [-0.2, -0.15) is 4.98 Å². The Morgan fingerprint density at radius 3 is 2.92 bits per heavy atom. The van der Waals surface area contributed by atoms with E-state index >= 15 is 0 Å². The van der Waals surface area contributed by atoms with Gasteiger partial charge in [0.1, 0.15) is 15.4 Å². The highest BCUT2D eigenvalue weighted by Gasteiger charge is 2.28. The maximum absolute atomic E-state index is 5.95. The molecule has 1 aliphatic heterocycles. The smallest absolute Gasteiger partial charge is 0.235 e. The van der Waals surface area contributed by atoms with Gasteiger partial charge < -0.3 is 9.47 Å². The molecule has 0 unspecified atom stereocenters. The number of thiophene rings is 1. The molecular weight excluding hydrogens is 334 g/mol. The highest BCUT2D eigenvalue weighted by Crippen LogP contribution is 2.39. The van der Waals surface area contributed by atoms with E-state index in [1.165, 1.54) is 0 Å². The molecule has 0 bridgehead atoms. The largest absolute Gasteiger partial charge is 0.477 e. The highest BCUT2D eigenvalue weighted by atomic mass is 32.1. The summed E-state index contributed by atoms with van der Waals surface area (Å²) in [5.74, 6) is 1.42. The Morgan fingerprint density at radius 2 is 2.12 bits per heavy atom. The first-order chi connectivity index (χ1) is 12.0. The molecule has 4 heterocycles. The Kier molecular flexibility index (Phi) is 4.12. The van der Waals surface area contributed by atoms with Crippen LogP contribution in [-0.4, -0.2) is 27.2 Å². The average Bonchev–Trinajstić information content (AvgIpc) is 2.90. The van der Waals surface area contributed by atoms with Gasteiger partial charge in [0, 0.05) is 17.4 Å². The Balaban J connectivity index is 1.85. The monoisotopic (exact) mass is 357 g/mol. The number of aromatic nitrogens is 3. The third kappa shape index (κ3) is 3.09. The standard InChI is InChI=1S/C19H23N3O2S/c1-5-6-7-23-17-16-15(20-11(2)21-17)13-8-12-10-24-19(3,4)9-14(12)22-18(13)25-16/h8H,5-7,9-10H2,1-4H3. The fourth-order valence-electron chi connectivity index (χ4n) is 3.15. The molecule has 132 valence electrons. The average molecular weight is 357 g/mol. The molecule has 0 N–H and O–H groups in total. The molecule has 0 atom stereocenters. The van der Waals surface area contributed by atoms with Crippen molar-refractivity contribution in [3.8, 4) is 5.88 Å². The molecule has 0 aromatic carbocycles. The van der Waals surface area contributed by atoms with Gasteiger partial charge in [0.2, 0.25) is 5.88 Å². The van der Waals surface area contributed by atoms with Crippen LogP contribution in [0.3, 0.4) is 0 Å². The van der Waals surface area contributed by atoms with E-state index < -0.39 is 0 Å². The van der Waals surface area contributed by atoms with E-state index in [1.54, 1.807) is 11.3 Å². The molecular formula is C19H23N3O2S. The summed E-state index contributed by atoms with van der Waals surface area (Å²) in [5.41, 5.74) is 3.08. The van der Waals surface area contributed by atoms with Crippen LogP contribution in [0.1, 0.15) is 50.7 Å². The van der Waals surface area contributed by atoms with Gasteiger partial charge >= 0.3 is 0 Å². The zero-order valence-electron chi connectivity index (χ0n) is 15.2. The predicted molar refractivity (Wildman–Crippen MR) is 100 cm³/mol. The quantitative estimate of drug-likeness (QED) is 0.640. The van der Waals surface area contributed by atoms with Crippen LogP contribution in [0.15, 0.2) is 6.07 Å². The van der Waals surface area contributed by atoms with Crippen molar-refractivity contribution < 1.29 is 9.47 Å². The lowest BCUT2D eigenvalue weighted by Crippen LogP contribution is -2.32. The Morgan fingerprint density at radius 1 is 1.28 bits per heavy atom. The Bertz CT molecular complexity index is 949. The van der Waals surface area contributed by atoms with Crippen molar-refractivity contribution in [2.24, 2.45) is 0 Å². The first-order valence-corrected chi connectivity index (χ1v) is 9.65. The third-order valence-corrected chi connectivity index (χ3v) is 5.58. The van der Waals surface area contributed by atoms with Gasteiger partial charge in [-0.05, 0) is 33.3 Å². The minimum absolute atomic E-state index is 0.158. The summed E-state index contributed by atoms with van der Waals surface area (Å²) >= 11 is 1.63. The molecule has 0 radical (unpaired) electrons. The van der Waals surface area contributed by atoms with E-state index in [0.717, 1.165) is 56.8 Å². The topological polar surface area (TPSA) is 57.1 Å². The summed E-state index contributed by atoms with van der Waals surface area (Å²) in [6.07, 6.45) is 2.95. The molecule has 4 rings (SSSR count). The molecule has 0 saturated carbocycles. The summed E-state index contributed by atoms with van der Waals surface area (Å²) in [4.78, 5) is 15.1. The van der Waals surface area contributed by atoms with Crippen molar-refractivity contribution in [2.75, 3.05) is 6.61 Å². The van der Waals surface area contributed by atoms with Crippen LogP contribution in [0.5, 0.6) is 5.88 Å². The van der Waals surface area contributed by atoms with Crippen LogP contribution >= 0.6 is 11.3 Å². The predicted octanol–water partition coefficient (Wildman–Crippen LogP) is 4.58. The van der Waals surface area contributed by atoms with E-state index in [0.29, 0.717) is 19.1 Å². The summed E-state index contributed by atoms with van der Waals surface area (Å²) in [7, 11) is 0. The number of ether oxygens (including phenoxy) is 2. The summed E-state index contributed by atoms with van der Waals surface area (Å²) < 4.78 is 12.9. The second kappa shape index (κ2) is 6.18. The molecule has 25 heavy (non-hydrogen) atoms. The van der Waals surface area contributed by atoms with Crippen LogP contribution in [-0.2, 0) is 17.8 Å². The number of hydrogen-bond donors (Lipinski definition) is 0. The molecule has 0 amide bonds. The number of pyridine rings is 1. The molecule has 0 spiro atoms. The molecule has 0 saturated heterocycles. The molecule has 1 aliphatic rings. The van der Waals surface area contributed by atoms with E-state index in [1.807, 2.05) is 6.92 Å². The molecule has 5 nitrogen and oxygen atoms in total. The lowest BCUT2D eigenvalue weighted by Gasteiger charge is -2.30. The number of nitrogens with zero attached hydrogens (tertiary/aromatic N) is 3. The number of hydrogen-bond acceptors (Lipinski definition) is 6. The van der Waals surface area contributed by atoms with Crippen molar-refractivity contribution >= 4 is 31.8 Å². The molecule has 3 aromatic heterocycles. The van der Waals surface area contributed by atoms with Crippen molar-refractivity contribution in [1.29, 1.82) is 0 Å². The van der Waals surface area contributed by atoms with Gasteiger partial charge in [-0.15, -0.1) is 11.3 Å². The normalized spacial score (nSPS) is 16.3. The van der Waals surface area contributed by atoms with Gasteiger partial charge in [-0.3, -0.25) is 0 Å². The highest BCUT2D eigenvalue weighted by molar-refractivity contribution is 7.25. The fraction of sp³-hybridized carbons (Fsp3) is 0.526. The molecule has 6 heteroatoms. The van der Waals surface area contributed by atoms with Crippen LogP contribution in [0.25, 0.3) is 20.4 Å². The molecule has 0 aliphatic carbocycles. The van der Waals surface area contributed by atoms with Gasteiger partial charge in [0.05, 0.1) is 30.0 Å². The zero-order chi connectivity index (χ0) is 17.6. The van der Waals surface area contributed by atoms with E-state index in [-0.39, 0.29) is 5.60 Å². The molecule has 3 aromatic rings. The van der Waals surface area contributed by atoms with Crippen LogP contribution < -0.4 is 4.74 Å². The van der Waals surface area contributed by atoms with Crippen molar-refractivity contribution in [3.05, 3.63) is 23.1 Å². The molecule has 0 fully saturated rings. The van der Waals surface area contributed by atoms with Crippen LogP contribution in [0.2, 0.25) is 0 Å². The Labute approximate surface area is 151 Å². The van der Waals surface area contributed by atoms with E-state index in [2.05, 4.69) is 36.8 Å². The number of fused-ring (bicyclic) bond motifs is 4. The Hall–Kier alpha value is -1.79. The van der Waals surface area contributed by atoms with Crippen molar-refractivity contribution in [1.82, 2.24) is 15.0 Å². The maximum atomic E-state index is 5.95. The van der Waals surface area contributed by atoms with Gasteiger partial charge in [0.15, 0.2) is 0 Å². The SMILES string of the molecule is CCCCOc1nc(C)nc2c1sc1nc3c(cc12)COC(C)(C)C3. The van der Waals surface area contributed by atoms with Gasteiger partial charge in [0.25, 0.3) is 0 Å². The lowest BCUT2D eigenvalue weighted by molar-refractivity contribution is -0.0411. The van der Waals surface area contributed by atoms with Crippen LogP contribution in [0, 0.1) is 6.92 Å². The third-order valence-electron chi connectivity index (χ3n) is 4.50. The number of rotatable bonds is 4. The van der Waals surface area contributed by atoms with Crippen molar-refractivity contribution in [2.45, 2.75) is 59.2 Å². The number of aryl methyl sites for hydroxylation is 1.